The Bertz CT molecular complexity index is 464. The molecule has 0 aliphatic heterocycles. The van der Waals surface area contributed by atoms with E-state index in [1.54, 1.807) is 6.07 Å². The van der Waals surface area contributed by atoms with Crippen molar-refractivity contribution in [3.63, 3.8) is 0 Å². The van der Waals surface area contributed by atoms with Gasteiger partial charge >= 0.3 is 5.97 Å². The molecule has 1 aromatic carbocycles. The highest BCUT2D eigenvalue weighted by atomic mass is 79.9. The van der Waals surface area contributed by atoms with E-state index in [1.165, 1.54) is 12.1 Å². The first kappa shape index (κ1) is 14.4. The number of carbonyl (C=O) groups is 1. The van der Waals surface area contributed by atoms with E-state index in [0.717, 1.165) is 0 Å². The van der Waals surface area contributed by atoms with Crippen LogP contribution in [0.25, 0.3) is 0 Å². The molecule has 0 aromatic heterocycles. The van der Waals surface area contributed by atoms with Gasteiger partial charge < -0.3 is 10.4 Å². The zero-order valence-corrected chi connectivity index (χ0v) is 11.3. The van der Waals surface area contributed by atoms with E-state index >= 15 is 0 Å². The van der Waals surface area contributed by atoms with E-state index in [-0.39, 0.29) is 11.4 Å². The molecule has 6 nitrogen and oxygen atoms in total. The van der Waals surface area contributed by atoms with Crippen molar-refractivity contribution in [3.05, 3.63) is 32.8 Å². The first-order chi connectivity index (χ1) is 8.47. The van der Waals surface area contributed by atoms with Crippen LogP contribution < -0.4 is 5.32 Å². The lowest BCUT2D eigenvalue weighted by atomic mass is 10.1. The Kier molecular flexibility index (Phi) is 5.08. The van der Waals surface area contributed by atoms with Crippen molar-refractivity contribution in [1.82, 2.24) is 0 Å². The number of nitrogens with zero attached hydrogens (tertiary/aromatic N) is 1. The summed E-state index contributed by atoms with van der Waals surface area (Å²) >= 11 is 3.18. The van der Waals surface area contributed by atoms with E-state index in [2.05, 4.69) is 21.2 Å². The molecule has 0 radical (unpaired) electrons. The Labute approximate surface area is 112 Å². The first-order valence-electron chi connectivity index (χ1n) is 5.39. The summed E-state index contributed by atoms with van der Waals surface area (Å²) < 4.78 is 0.471. The molecule has 1 rings (SSSR count). The van der Waals surface area contributed by atoms with E-state index in [1.807, 2.05) is 6.92 Å². The lowest BCUT2D eigenvalue weighted by molar-refractivity contribution is -0.384. The number of benzene rings is 1. The summed E-state index contributed by atoms with van der Waals surface area (Å²) in [4.78, 5) is 21.4. The van der Waals surface area contributed by atoms with Gasteiger partial charge in [-0.2, -0.15) is 0 Å². The minimum absolute atomic E-state index is 0.147. The van der Waals surface area contributed by atoms with E-state index in [9.17, 15) is 14.9 Å². The fraction of sp³-hybridized carbons (Fsp3) is 0.364. The first-order valence-corrected chi connectivity index (χ1v) is 6.19. The number of hydrogen-bond donors (Lipinski definition) is 2. The van der Waals surface area contributed by atoms with Gasteiger partial charge in [-0.15, -0.1) is 0 Å². The van der Waals surface area contributed by atoms with Gasteiger partial charge in [0.15, 0.2) is 0 Å². The fourth-order valence-corrected chi connectivity index (χ4v) is 2.00. The molecule has 0 spiro atoms. The van der Waals surface area contributed by atoms with Crippen LogP contribution in [0.1, 0.15) is 19.8 Å². The smallest absolute Gasteiger partial charge is 0.326 e. The van der Waals surface area contributed by atoms with Gasteiger partial charge in [0.1, 0.15) is 11.7 Å². The summed E-state index contributed by atoms with van der Waals surface area (Å²) in [6.07, 6.45) is 1.07. The standard InChI is InChI=1S/C11H13BrN2O4/c1-2-4-8(11(15)16)13-10-7(12)5-3-6-9(10)14(17)18/h3,5-6,8,13H,2,4H2,1H3,(H,15,16)/t8-/m0/s1. The predicted octanol–water partition coefficient (Wildman–Crippen LogP) is 3.02. The maximum absolute atomic E-state index is 11.0. The molecule has 18 heavy (non-hydrogen) atoms. The van der Waals surface area contributed by atoms with E-state index in [0.29, 0.717) is 17.3 Å². The second kappa shape index (κ2) is 6.34. The highest BCUT2D eigenvalue weighted by Gasteiger charge is 2.23. The number of anilines is 1. The molecular formula is C11H13BrN2O4. The van der Waals surface area contributed by atoms with Crippen molar-refractivity contribution in [3.8, 4) is 0 Å². The third-order valence-electron chi connectivity index (χ3n) is 2.38. The number of carboxylic acids is 1. The zero-order chi connectivity index (χ0) is 13.7. The normalized spacial score (nSPS) is 11.9. The van der Waals surface area contributed by atoms with Crippen LogP contribution in [0.2, 0.25) is 0 Å². The molecule has 0 heterocycles. The molecule has 7 heteroatoms. The summed E-state index contributed by atoms with van der Waals surface area (Å²) in [6, 6.07) is 3.65. The molecular weight excluding hydrogens is 304 g/mol. The maximum atomic E-state index is 11.0. The maximum Gasteiger partial charge on any atom is 0.326 e. The molecule has 0 unspecified atom stereocenters. The van der Waals surface area contributed by atoms with Gasteiger partial charge in [0.05, 0.1) is 4.92 Å². The van der Waals surface area contributed by atoms with Crippen LogP contribution in [0.15, 0.2) is 22.7 Å². The number of rotatable bonds is 6. The molecule has 0 saturated heterocycles. The lowest BCUT2D eigenvalue weighted by Crippen LogP contribution is -2.29. The van der Waals surface area contributed by atoms with Crippen LogP contribution in [-0.4, -0.2) is 22.0 Å². The number of carboxylic acid groups (broad SMARTS) is 1. The predicted molar refractivity (Wildman–Crippen MR) is 70.8 cm³/mol. The summed E-state index contributed by atoms with van der Waals surface area (Å²) in [5.41, 5.74) is 0.0510. The highest BCUT2D eigenvalue weighted by molar-refractivity contribution is 9.10. The van der Waals surface area contributed by atoms with Crippen LogP contribution in [0.5, 0.6) is 0 Å². The van der Waals surface area contributed by atoms with E-state index < -0.39 is 16.9 Å². The van der Waals surface area contributed by atoms with Gasteiger partial charge in [-0.25, -0.2) is 4.79 Å². The third kappa shape index (κ3) is 3.43. The van der Waals surface area contributed by atoms with Crippen molar-refractivity contribution in [2.75, 3.05) is 5.32 Å². The average molecular weight is 317 g/mol. The zero-order valence-electron chi connectivity index (χ0n) is 9.72. The van der Waals surface area contributed by atoms with Crippen molar-refractivity contribution >= 4 is 33.3 Å². The van der Waals surface area contributed by atoms with Crippen molar-refractivity contribution in [2.45, 2.75) is 25.8 Å². The molecule has 0 aliphatic rings. The Hall–Kier alpha value is -1.63. The molecule has 0 aliphatic carbocycles. The second-order valence-corrected chi connectivity index (χ2v) is 4.57. The highest BCUT2D eigenvalue weighted by Crippen LogP contribution is 2.33. The largest absolute Gasteiger partial charge is 0.480 e. The van der Waals surface area contributed by atoms with Gasteiger partial charge in [-0.1, -0.05) is 19.4 Å². The number of nitrogens with one attached hydrogen (secondary N) is 1. The lowest BCUT2D eigenvalue weighted by Gasteiger charge is -2.15. The summed E-state index contributed by atoms with van der Waals surface area (Å²) in [7, 11) is 0. The summed E-state index contributed by atoms with van der Waals surface area (Å²) in [5, 5.41) is 22.6. The van der Waals surface area contributed by atoms with Gasteiger partial charge in [-0.3, -0.25) is 10.1 Å². The van der Waals surface area contributed by atoms with Crippen molar-refractivity contribution in [2.24, 2.45) is 0 Å². The Morgan fingerprint density at radius 1 is 1.61 bits per heavy atom. The SMILES string of the molecule is CCC[C@H](Nc1c(Br)cccc1[N+](=O)[O-])C(=O)O. The van der Waals surface area contributed by atoms with Gasteiger partial charge in [0, 0.05) is 10.5 Å². The summed E-state index contributed by atoms with van der Waals surface area (Å²) in [6.45, 7) is 1.85. The quantitative estimate of drug-likeness (QED) is 0.621. The Morgan fingerprint density at radius 2 is 2.28 bits per heavy atom. The summed E-state index contributed by atoms with van der Waals surface area (Å²) in [5.74, 6) is -1.03. The third-order valence-corrected chi connectivity index (χ3v) is 3.04. The molecule has 0 amide bonds. The monoisotopic (exact) mass is 316 g/mol. The van der Waals surface area contributed by atoms with Crippen molar-refractivity contribution in [1.29, 1.82) is 0 Å². The molecule has 1 atom stereocenters. The minimum Gasteiger partial charge on any atom is -0.480 e. The molecule has 1 aromatic rings. The van der Waals surface area contributed by atoms with E-state index in [4.69, 9.17) is 5.11 Å². The molecule has 98 valence electrons. The number of nitro groups is 1. The second-order valence-electron chi connectivity index (χ2n) is 3.71. The van der Waals surface area contributed by atoms with Gasteiger partial charge in [0.25, 0.3) is 5.69 Å². The Morgan fingerprint density at radius 3 is 2.78 bits per heavy atom. The number of halogens is 1. The molecule has 0 bridgehead atoms. The number of nitro benzene ring substituents is 1. The van der Waals surface area contributed by atoms with Crippen LogP contribution in [0.3, 0.4) is 0 Å². The minimum atomic E-state index is -1.03. The fourth-order valence-electron chi connectivity index (χ4n) is 1.53. The number of aliphatic carboxylic acids is 1. The topological polar surface area (TPSA) is 92.5 Å². The molecule has 2 N–H and O–H groups in total. The van der Waals surface area contributed by atoms with Gasteiger partial charge in [-0.05, 0) is 28.4 Å². The molecule has 0 fully saturated rings. The Balaban J connectivity index is 3.08. The van der Waals surface area contributed by atoms with Crippen LogP contribution >= 0.6 is 15.9 Å². The van der Waals surface area contributed by atoms with Crippen molar-refractivity contribution < 1.29 is 14.8 Å². The van der Waals surface area contributed by atoms with Crippen LogP contribution in [0.4, 0.5) is 11.4 Å². The number of hydrogen-bond acceptors (Lipinski definition) is 4. The van der Waals surface area contributed by atoms with Crippen LogP contribution in [0, 0.1) is 10.1 Å². The molecule has 0 saturated carbocycles. The van der Waals surface area contributed by atoms with Crippen LogP contribution in [-0.2, 0) is 4.79 Å². The number of para-hydroxylation sites is 1. The van der Waals surface area contributed by atoms with Gasteiger partial charge in [0.2, 0.25) is 0 Å². The average Bonchev–Trinajstić information content (AvgIpc) is 2.30.